The largest absolute Gasteiger partial charge is 0.462 e. The minimum absolute atomic E-state index is 0.141. The lowest BCUT2D eigenvalue weighted by molar-refractivity contribution is -0.160. The maximum atomic E-state index is 12.2. The van der Waals surface area contributed by atoms with Crippen molar-refractivity contribution in [3.05, 3.63) is 29.3 Å². The van der Waals surface area contributed by atoms with Crippen molar-refractivity contribution in [3.8, 4) is 0 Å². The molecule has 3 rings (SSSR count). The van der Waals surface area contributed by atoms with Crippen molar-refractivity contribution in [1.29, 1.82) is 0 Å². The Balaban J connectivity index is 1.82. The van der Waals surface area contributed by atoms with Crippen molar-refractivity contribution in [3.63, 3.8) is 0 Å². The van der Waals surface area contributed by atoms with Crippen LogP contribution in [0.1, 0.15) is 24.8 Å². The van der Waals surface area contributed by atoms with E-state index in [2.05, 4.69) is 9.72 Å². The second-order valence-corrected chi connectivity index (χ2v) is 6.05. The van der Waals surface area contributed by atoms with Gasteiger partial charge in [0.1, 0.15) is 0 Å². The van der Waals surface area contributed by atoms with Gasteiger partial charge in [0.2, 0.25) is 0 Å². The molecule has 1 fully saturated rings. The molecule has 21 heavy (non-hydrogen) atoms. The number of ether oxygens (including phenoxy) is 1. The summed E-state index contributed by atoms with van der Waals surface area (Å²) in [4.78, 5) is 29.6. The molecule has 0 bridgehead atoms. The van der Waals surface area contributed by atoms with E-state index in [1.165, 1.54) is 7.11 Å². The van der Waals surface area contributed by atoms with E-state index in [0.29, 0.717) is 6.54 Å². The Labute approximate surface area is 126 Å². The fourth-order valence-corrected chi connectivity index (χ4v) is 3.13. The van der Waals surface area contributed by atoms with E-state index in [4.69, 9.17) is 0 Å². The molecule has 0 N–H and O–H groups in total. The Morgan fingerprint density at radius 1 is 1.43 bits per heavy atom. The molecule has 6 heteroatoms. The van der Waals surface area contributed by atoms with Gasteiger partial charge in [-0.15, -0.1) is 11.3 Å². The molecule has 1 amide bonds. The number of rotatable bonds is 3. The number of benzene rings is 1. The number of hydrogen-bond donors (Lipinski definition) is 0. The fourth-order valence-electron chi connectivity index (χ4n) is 2.47. The zero-order valence-electron chi connectivity index (χ0n) is 11.7. The van der Waals surface area contributed by atoms with E-state index in [1.54, 1.807) is 21.7 Å². The molecule has 0 atom stereocenters. The van der Waals surface area contributed by atoms with Crippen molar-refractivity contribution in [2.45, 2.75) is 31.8 Å². The molecule has 1 heterocycles. The van der Waals surface area contributed by atoms with E-state index < -0.39 is 11.9 Å². The van der Waals surface area contributed by atoms with Crippen molar-refractivity contribution in [2.24, 2.45) is 0 Å². The van der Waals surface area contributed by atoms with E-state index in [9.17, 15) is 9.59 Å². The van der Waals surface area contributed by atoms with Gasteiger partial charge in [-0.25, -0.2) is 9.78 Å². The van der Waals surface area contributed by atoms with Crippen LogP contribution in [0.15, 0.2) is 23.7 Å². The van der Waals surface area contributed by atoms with Crippen molar-refractivity contribution in [2.75, 3.05) is 7.11 Å². The first-order chi connectivity index (χ1) is 10.2. The number of aromatic nitrogens is 1. The van der Waals surface area contributed by atoms with Crippen LogP contribution in [0.3, 0.4) is 0 Å². The van der Waals surface area contributed by atoms with Crippen LogP contribution >= 0.6 is 11.3 Å². The van der Waals surface area contributed by atoms with E-state index in [1.807, 2.05) is 18.2 Å². The summed E-state index contributed by atoms with van der Waals surface area (Å²) < 4.78 is 5.69. The normalized spacial score (nSPS) is 14.7. The molecular formula is C15H16N2O3S. The van der Waals surface area contributed by atoms with E-state index in [-0.39, 0.29) is 6.04 Å². The highest BCUT2D eigenvalue weighted by atomic mass is 32.1. The van der Waals surface area contributed by atoms with Crippen LogP contribution in [-0.2, 0) is 20.9 Å². The zero-order chi connectivity index (χ0) is 14.8. The van der Waals surface area contributed by atoms with Crippen molar-refractivity contribution < 1.29 is 14.3 Å². The summed E-state index contributed by atoms with van der Waals surface area (Å²) in [6.45, 7) is 0.423. The van der Waals surface area contributed by atoms with Gasteiger partial charge in [-0.05, 0) is 37.0 Å². The molecular weight excluding hydrogens is 288 g/mol. The molecule has 5 nitrogen and oxygen atoms in total. The number of thiazole rings is 1. The predicted octanol–water partition coefficient (Wildman–Crippen LogP) is 2.35. The highest BCUT2D eigenvalue weighted by molar-refractivity contribution is 7.16. The Morgan fingerprint density at radius 2 is 2.24 bits per heavy atom. The minimum Gasteiger partial charge on any atom is -0.462 e. The Hall–Kier alpha value is -1.95. The average Bonchev–Trinajstić information content (AvgIpc) is 2.90. The highest BCUT2D eigenvalue weighted by Gasteiger charge is 2.32. The van der Waals surface area contributed by atoms with Gasteiger partial charge in [-0.1, -0.05) is 6.07 Å². The molecule has 1 aliphatic carbocycles. The lowest BCUT2D eigenvalue weighted by Gasteiger charge is -2.36. The Bertz CT molecular complexity index is 678. The van der Waals surface area contributed by atoms with Gasteiger partial charge in [-0.3, -0.25) is 4.79 Å². The van der Waals surface area contributed by atoms with Crippen LogP contribution in [-0.4, -0.2) is 34.9 Å². The number of fused-ring (bicyclic) bond motifs is 1. The lowest BCUT2D eigenvalue weighted by Crippen LogP contribution is -2.46. The van der Waals surface area contributed by atoms with Crippen LogP contribution in [0.5, 0.6) is 0 Å². The van der Waals surface area contributed by atoms with Crippen LogP contribution in [0.25, 0.3) is 10.2 Å². The maximum absolute atomic E-state index is 12.2. The molecule has 0 aliphatic heterocycles. The smallest absolute Gasteiger partial charge is 0.396 e. The molecule has 1 aliphatic rings. The molecule has 1 aromatic carbocycles. The van der Waals surface area contributed by atoms with Crippen molar-refractivity contribution in [1.82, 2.24) is 9.88 Å². The third-order valence-corrected chi connectivity index (χ3v) is 4.69. The summed E-state index contributed by atoms with van der Waals surface area (Å²) in [7, 11) is 1.24. The molecule has 0 unspecified atom stereocenters. The lowest BCUT2D eigenvalue weighted by atomic mass is 9.91. The number of nitrogens with zero attached hydrogens (tertiary/aromatic N) is 2. The number of esters is 1. The quantitative estimate of drug-likeness (QED) is 0.645. The van der Waals surface area contributed by atoms with Crippen LogP contribution in [0.4, 0.5) is 0 Å². The summed E-state index contributed by atoms with van der Waals surface area (Å²) >= 11 is 1.59. The molecule has 1 saturated carbocycles. The Morgan fingerprint density at radius 3 is 2.90 bits per heavy atom. The summed E-state index contributed by atoms with van der Waals surface area (Å²) in [5.41, 5.74) is 3.71. The van der Waals surface area contributed by atoms with Gasteiger partial charge in [0.25, 0.3) is 0 Å². The number of amides is 1. The van der Waals surface area contributed by atoms with Crippen LogP contribution in [0.2, 0.25) is 0 Å². The van der Waals surface area contributed by atoms with Crippen molar-refractivity contribution >= 4 is 33.4 Å². The van der Waals surface area contributed by atoms with Gasteiger partial charge in [0, 0.05) is 12.6 Å². The average molecular weight is 304 g/mol. The minimum atomic E-state index is -0.795. The second-order valence-electron chi connectivity index (χ2n) is 5.16. The van der Waals surface area contributed by atoms with Gasteiger partial charge >= 0.3 is 11.9 Å². The van der Waals surface area contributed by atoms with E-state index in [0.717, 1.165) is 35.0 Å². The van der Waals surface area contributed by atoms with Gasteiger partial charge in [0.15, 0.2) is 0 Å². The molecule has 0 saturated heterocycles. The molecule has 110 valence electrons. The first-order valence-corrected chi connectivity index (χ1v) is 7.78. The molecule has 0 spiro atoms. The SMILES string of the molecule is COC(=O)C(=O)N(Cc1ccc2scnc2c1)C1CCC1. The third kappa shape index (κ3) is 2.76. The van der Waals surface area contributed by atoms with E-state index >= 15 is 0 Å². The van der Waals surface area contributed by atoms with Gasteiger partial charge in [0.05, 0.1) is 22.8 Å². The number of methoxy groups -OCH3 is 1. The zero-order valence-corrected chi connectivity index (χ0v) is 12.6. The summed E-state index contributed by atoms with van der Waals surface area (Å²) in [6.07, 6.45) is 2.99. The fraction of sp³-hybridized carbons (Fsp3) is 0.400. The number of carbonyl (C=O) groups is 2. The standard InChI is InChI=1S/C15H16N2O3S/c1-20-15(19)14(18)17(11-3-2-4-11)8-10-5-6-13-12(7-10)16-9-21-13/h5-7,9,11H,2-4,8H2,1H3. The highest BCUT2D eigenvalue weighted by Crippen LogP contribution is 2.27. The Kier molecular flexibility index (Phi) is 3.88. The summed E-state index contributed by atoms with van der Waals surface area (Å²) in [6, 6.07) is 6.10. The maximum Gasteiger partial charge on any atom is 0.396 e. The predicted molar refractivity (Wildman–Crippen MR) is 79.8 cm³/mol. The first-order valence-electron chi connectivity index (χ1n) is 6.90. The van der Waals surface area contributed by atoms with Crippen LogP contribution in [0, 0.1) is 0 Å². The monoisotopic (exact) mass is 304 g/mol. The third-order valence-electron chi connectivity index (χ3n) is 3.88. The topological polar surface area (TPSA) is 59.5 Å². The molecule has 2 aromatic rings. The second kappa shape index (κ2) is 5.81. The molecule has 0 radical (unpaired) electrons. The van der Waals surface area contributed by atoms with Gasteiger partial charge < -0.3 is 9.64 Å². The number of carbonyl (C=O) groups excluding carboxylic acids is 2. The summed E-state index contributed by atoms with van der Waals surface area (Å²) in [5, 5.41) is 0. The van der Waals surface area contributed by atoms with Crippen LogP contribution < -0.4 is 0 Å². The summed E-state index contributed by atoms with van der Waals surface area (Å²) in [5.74, 6) is -1.35. The first kappa shape index (κ1) is 14.0. The van der Waals surface area contributed by atoms with Gasteiger partial charge in [-0.2, -0.15) is 0 Å². The molecule has 1 aromatic heterocycles. The number of hydrogen-bond acceptors (Lipinski definition) is 5.